The van der Waals surface area contributed by atoms with Crippen LogP contribution in [-0.2, 0) is 5.88 Å². The van der Waals surface area contributed by atoms with E-state index >= 15 is 0 Å². The van der Waals surface area contributed by atoms with Crippen LogP contribution >= 0.6 is 23.2 Å². The van der Waals surface area contributed by atoms with Crippen molar-refractivity contribution in [3.05, 3.63) is 57.6 Å². The molecular formula is C16H16Cl2O. The first-order valence-corrected chi connectivity index (χ1v) is 7.02. The zero-order valence-electron chi connectivity index (χ0n) is 11.3. The highest BCUT2D eigenvalue weighted by atomic mass is 35.5. The second-order valence-electron chi connectivity index (χ2n) is 4.69. The molecule has 0 N–H and O–H groups in total. The Morgan fingerprint density at radius 2 is 1.79 bits per heavy atom. The third-order valence-electron chi connectivity index (χ3n) is 3.16. The fourth-order valence-electron chi connectivity index (χ4n) is 1.93. The van der Waals surface area contributed by atoms with Crippen molar-refractivity contribution in [2.45, 2.75) is 26.7 Å². The van der Waals surface area contributed by atoms with Gasteiger partial charge >= 0.3 is 0 Å². The summed E-state index contributed by atoms with van der Waals surface area (Å²) in [5, 5.41) is 0.634. The van der Waals surface area contributed by atoms with Crippen molar-refractivity contribution in [3.63, 3.8) is 0 Å². The summed E-state index contributed by atoms with van der Waals surface area (Å²) in [5.41, 5.74) is 4.45. The molecule has 0 atom stereocenters. The van der Waals surface area contributed by atoms with Gasteiger partial charge in [-0.05, 0) is 61.2 Å². The quantitative estimate of drug-likeness (QED) is 0.650. The molecule has 3 heteroatoms. The van der Waals surface area contributed by atoms with E-state index in [1.54, 1.807) is 6.07 Å². The number of aryl methyl sites for hydroxylation is 2. The zero-order valence-corrected chi connectivity index (χ0v) is 12.8. The summed E-state index contributed by atoms with van der Waals surface area (Å²) in [5.74, 6) is 2.00. The predicted molar refractivity (Wildman–Crippen MR) is 81.7 cm³/mol. The van der Waals surface area contributed by atoms with Crippen molar-refractivity contribution in [1.82, 2.24) is 0 Å². The summed E-state index contributed by atoms with van der Waals surface area (Å²) in [4.78, 5) is 0. The third-order valence-corrected chi connectivity index (χ3v) is 3.80. The molecule has 2 aromatic rings. The Hall–Kier alpha value is -1.18. The maximum atomic E-state index is 6.13. The first kappa shape index (κ1) is 14.2. The van der Waals surface area contributed by atoms with Gasteiger partial charge in [0.05, 0.1) is 0 Å². The maximum absolute atomic E-state index is 6.13. The molecule has 0 aromatic heterocycles. The van der Waals surface area contributed by atoms with Crippen molar-refractivity contribution in [2.75, 3.05) is 0 Å². The van der Waals surface area contributed by atoms with Gasteiger partial charge in [-0.2, -0.15) is 0 Å². The molecule has 2 aromatic carbocycles. The molecule has 0 heterocycles. The van der Waals surface area contributed by atoms with Crippen LogP contribution in [0, 0.1) is 20.8 Å². The molecule has 0 spiro atoms. The molecule has 0 fully saturated rings. The number of hydrogen-bond acceptors (Lipinski definition) is 1. The fourth-order valence-corrected chi connectivity index (χ4v) is 2.47. The Balaban J connectivity index is 2.33. The van der Waals surface area contributed by atoms with Crippen LogP contribution in [0.1, 0.15) is 22.3 Å². The molecule has 0 saturated carbocycles. The molecule has 1 nitrogen and oxygen atoms in total. The molecule has 0 saturated heterocycles. The Bertz CT molecular complexity index is 606. The highest BCUT2D eigenvalue weighted by Gasteiger charge is 2.07. The van der Waals surface area contributed by atoms with Crippen molar-refractivity contribution < 1.29 is 4.74 Å². The number of rotatable bonds is 3. The van der Waals surface area contributed by atoms with E-state index in [-0.39, 0.29) is 0 Å². The van der Waals surface area contributed by atoms with E-state index in [0.29, 0.717) is 10.9 Å². The molecule has 0 aliphatic carbocycles. The normalized spacial score (nSPS) is 10.6. The Morgan fingerprint density at radius 1 is 1.05 bits per heavy atom. The van der Waals surface area contributed by atoms with E-state index in [0.717, 1.165) is 22.6 Å². The lowest BCUT2D eigenvalue weighted by Gasteiger charge is -2.13. The summed E-state index contributed by atoms with van der Waals surface area (Å²) in [6.45, 7) is 6.19. The van der Waals surface area contributed by atoms with Crippen molar-refractivity contribution >= 4 is 23.2 Å². The summed E-state index contributed by atoms with van der Waals surface area (Å²) in [6.07, 6.45) is 0. The van der Waals surface area contributed by atoms with Gasteiger partial charge in [-0.1, -0.05) is 23.7 Å². The van der Waals surface area contributed by atoms with Gasteiger partial charge in [0.1, 0.15) is 11.5 Å². The van der Waals surface area contributed by atoms with Crippen LogP contribution in [0.25, 0.3) is 0 Å². The van der Waals surface area contributed by atoms with Crippen LogP contribution < -0.4 is 4.74 Å². The van der Waals surface area contributed by atoms with Crippen LogP contribution in [0.4, 0.5) is 0 Å². The average molecular weight is 295 g/mol. The number of hydrogen-bond donors (Lipinski definition) is 0. The molecule has 0 bridgehead atoms. The van der Waals surface area contributed by atoms with Crippen LogP contribution in [-0.4, -0.2) is 0 Å². The smallest absolute Gasteiger partial charge is 0.130 e. The van der Waals surface area contributed by atoms with Gasteiger partial charge in [0.15, 0.2) is 0 Å². The molecule has 0 aliphatic rings. The van der Waals surface area contributed by atoms with Gasteiger partial charge in [0.2, 0.25) is 0 Å². The fraction of sp³-hybridized carbons (Fsp3) is 0.250. The lowest BCUT2D eigenvalue weighted by Crippen LogP contribution is -1.92. The largest absolute Gasteiger partial charge is 0.457 e. The first-order valence-electron chi connectivity index (χ1n) is 6.11. The first-order chi connectivity index (χ1) is 9.01. The minimum Gasteiger partial charge on any atom is -0.457 e. The number of halogens is 2. The van der Waals surface area contributed by atoms with Gasteiger partial charge in [-0.3, -0.25) is 0 Å². The van der Waals surface area contributed by atoms with E-state index in [4.69, 9.17) is 27.9 Å². The molecule has 0 aliphatic heterocycles. The third kappa shape index (κ3) is 3.23. The van der Waals surface area contributed by atoms with E-state index in [9.17, 15) is 0 Å². The van der Waals surface area contributed by atoms with Crippen LogP contribution in [0.5, 0.6) is 11.5 Å². The molecule has 0 unspecified atom stereocenters. The number of alkyl halides is 1. The minimum atomic E-state index is 0.404. The van der Waals surface area contributed by atoms with Gasteiger partial charge < -0.3 is 4.74 Å². The molecular weight excluding hydrogens is 279 g/mol. The highest BCUT2D eigenvalue weighted by molar-refractivity contribution is 6.32. The maximum Gasteiger partial charge on any atom is 0.130 e. The van der Waals surface area contributed by atoms with Crippen molar-refractivity contribution in [2.24, 2.45) is 0 Å². The van der Waals surface area contributed by atoms with E-state index < -0.39 is 0 Å². The second-order valence-corrected chi connectivity index (χ2v) is 5.37. The minimum absolute atomic E-state index is 0.404. The lowest BCUT2D eigenvalue weighted by molar-refractivity contribution is 0.478. The predicted octanol–water partition coefficient (Wildman–Crippen LogP) is 5.80. The standard InChI is InChI=1S/C16H16Cl2O/c1-10-6-11(2)12(3)16(7-10)19-14-5-4-13(9-17)15(18)8-14/h4-8H,9H2,1-3H3. The van der Waals surface area contributed by atoms with E-state index in [1.807, 2.05) is 18.2 Å². The molecule has 19 heavy (non-hydrogen) atoms. The number of benzene rings is 2. The van der Waals surface area contributed by atoms with Crippen LogP contribution in [0.15, 0.2) is 30.3 Å². The van der Waals surface area contributed by atoms with Gasteiger partial charge in [0, 0.05) is 10.9 Å². The summed E-state index contributed by atoms with van der Waals surface area (Å²) in [6, 6.07) is 9.76. The SMILES string of the molecule is Cc1cc(C)c(C)c(Oc2ccc(CCl)c(Cl)c2)c1. The Kier molecular flexibility index (Phi) is 4.38. The summed E-state index contributed by atoms with van der Waals surface area (Å²) in [7, 11) is 0. The monoisotopic (exact) mass is 294 g/mol. The topological polar surface area (TPSA) is 9.23 Å². The van der Waals surface area contributed by atoms with E-state index in [1.165, 1.54) is 11.1 Å². The van der Waals surface area contributed by atoms with Crippen LogP contribution in [0.3, 0.4) is 0 Å². The van der Waals surface area contributed by atoms with Gasteiger partial charge in [0.25, 0.3) is 0 Å². The molecule has 100 valence electrons. The second kappa shape index (κ2) is 5.85. The highest BCUT2D eigenvalue weighted by Crippen LogP contribution is 2.31. The van der Waals surface area contributed by atoms with Crippen molar-refractivity contribution in [3.8, 4) is 11.5 Å². The Labute approximate surface area is 124 Å². The summed E-state index contributed by atoms with van der Waals surface area (Å²) < 4.78 is 5.92. The van der Waals surface area contributed by atoms with E-state index in [2.05, 4.69) is 26.8 Å². The zero-order chi connectivity index (χ0) is 14.0. The lowest BCUT2D eigenvalue weighted by atomic mass is 10.1. The average Bonchev–Trinajstić information content (AvgIpc) is 2.35. The van der Waals surface area contributed by atoms with Gasteiger partial charge in [-0.25, -0.2) is 0 Å². The molecule has 0 amide bonds. The van der Waals surface area contributed by atoms with Crippen molar-refractivity contribution in [1.29, 1.82) is 0 Å². The molecule has 0 radical (unpaired) electrons. The van der Waals surface area contributed by atoms with Gasteiger partial charge in [-0.15, -0.1) is 11.6 Å². The number of ether oxygens (including phenoxy) is 1. The van der Waals surface area contributed by atoms with Crippen LogP contribution in [0.2, 0.25) is 5.02 Å². The summed E-state index contributed by atoms with van der Waals surface area (Å²) >= 11 is 11.9. The Morgan fingerprint density at radius 3 is 2.42 bits per heavy atom. The molecule has 2 rings (SSSR count).